The van der Waals surface area contributed by atoms with Crippen LogP contribution in [0.3, 0.4) is 0 Å². The van der Waals surface area contributed by atoms with Crippen LogP contribution in [0.5, 0.6) is 0 Å². The molecular formula is C19H21NO2. The van der Waals surface area contributed by atoms with Crippen LogP contribution in [0, 0.1) is 0 Å². The first-order chi connectivity index (χ1) is 10.8. The lowest BCUT2D eigenvalue weighted by Gasteiger charge is -2.18. The second kappa shape index (κ2) is 8.67. The van der Waals surface area contributed by atoms with Crippen LogP contribution in [-0.2, 0) is 11.3 Å². The molecule has 0 radical (unpaired) electrons. The van der Waals surface area contributed by atoms with Crippen LogP contribution in [0.4, 0.5) is 4.79 Å². The summed E-state index contributed by atoms with van der Waals surface area (Å²) in [6.07, 6.45) is 3.08. The van der Waals surface area contributed by atoms with Crippen molar-refractivity contribution in [1.82, 2.24) is 5.32 Å². The Kier molecular flexibility index (Phi) is 6.24. The Bertz CT molecular complexity index is 581. The Labute approximate surface area is 131 Å². The molecular weight excluding hydrogens is 274 g/mol. The molecule has 0 fully saturated rings. The second-order valence-electron chi connectivity index (χ2n) is 5.04. The van der Waals surface area contributed by atoms with Crippen LogP contribution < -0.4 is 5.32 Å². The zero-order valence-electron chi connectivity index (χ0n) is 12.6. The fraction of sp³-hybridized carbons (Fsp3) is 0.211. The van der Waals surface area contributed by atoms with E-state index in [1.54, 1.807) is 0 Å². The maximum atomic E-state index is 12.0. The van der Waals surface area contributed by atoms with Gasteiger partial charge in [-0.15, -0.1) is 6.58 Å². The van der Waals surface area contributed by atoms with E-state index >= 15 is 0 Å². The van der Waals surface area contributed by atoms with Gasteiger partial charge in [0.05, 0.1) is 6.04 Å². The summed E-state index contributed by atoms with van der Waals surface area (Å²) in [4.78, 5) is 12.0. The molecule has 2 aromatic rings. The molecule has 0 saturated heterocycles. The summed E-state index contributed by atoms with van der Waals surface area (Å²) in [7, 11) is 0. The molecule has 3 heteroatoms. The summed E-state index contributed by atoms with van der Waals surface area (Å²) in [5.41, 5.74) is 2.04. The number of hydrogen-bond donors (Lipinski definition) is 1. The Morgan fingerprint density at radius 3 is 2.36 bits per heavy atom. The summed E-state index contributed by atoms with van der Waals surface area (Å²) >= 11 is 0. The molecule has 1 unspecified atom stereocenters. The molecule has 0 saturated carbocycles. The predicted octanol–water partition coefficient (Wildman–Crippen LogP) is 4.62. The zero-order valence-corrected chi connectivity index (χ0v) is 12.6. The Morgan fingerprint density at radius 2 is 1.73 bits per heavy atom. The van der Waals surface area contributed by atoms with Crippen LogP contribution in [0.1, 0.15) is 30.0 Å². The predicted molar refractivity (Wildman–Crippen MR) is 88.4 cm³/mol. The SMILES string of the molecule is C=CCCC(NC(=O)OCc1ccccc1)c1ccccc1. The fourth-order valence-corrected chi connectivity index (χ4v) is 2.20. The maximum absolute atomic E-state index is 12.0. The third kappa shape index (κ3) is 5.09. The molecule has 22 heavy (non-hydrogen) atoms. The van der Waals surface area contributed by atoms with Gasteiger partial charge in [0.1, 0.15) is 6.61 Å². The van der Waals surface area contributed by atoms with E-state index in [1.807, 2.05) is 66.7 Å². The highest BCUT2D eigenvalue weighted by Gasteiger charge is 2.14. The van der Waals surface area contributed by atoms with E-state index in [-0.39, 0.29) is 12.6 Å². The average molecular weight is 295 g/mol. The number of allylic oxidation sites excluding steroid dienone is 1. The van der Waals surface area contributed by atoms with E-state index in [0.29, 0.717) is 0 Å². The van der Waals surface area contributed by atoms with Crippen molar-refractivity contribution in [3.63, 3.8) is 0 Å². The molecule has 0 aromatic heterocycles. The summed E-state index contributed by atoms with van der Waals surface area (Å²) < 4.78 is 5.28. The lowest BCUT2D eigenvalue weighted by atomic mass is 10.0. The first-order valence-corrected chi connectivity index (χ1v) is 7.42. The van der Waals surface area contributed by atoms with Crippen LogP contribution in [0.25, 0.3) is 0 Å². The number of ether oxygens (including phenoxy) is 1. The van der Waals surface area contributed by atoms with Crippen molar-refractivity contribution in [2.24, 2.45) is 0 Å². The molecule has 114 valence electrons. The second-order valence-corrected chi connectivity index (χ2v) is 5.04. The van der Waals surface area contributed by atoms with Crippen LogP contribution >= 0.6 is 0 Å². The van der Waals surface area contributed by atoms with E-state index < -0.39 is 6.09 Å². The van der Waals surface area contributed by atoms with Crippen molar-refractivity contribution in [2.75, 3.05) is 0 Å². The van der Waals surface area contributed by atoms with Crippen molar-refractivity contribution in [1.29, 1.82) is 0 Å². The largest absolute Gasteiger partial charge is 0.445 e. The fourth-order valence-electron chi connectivity index (χ4n) is 2.20. The molecule has 0 spiro atoms. The van der Waals surface area contributed by atoms with E-state index in [2.05, 4.69) is 11.9 Å². The standard InChI is InChI=1S/C19H21NO2/c1-2-3-14-18(17-12-8-5-9-13-17)20-19(21)22-15-16-10-6-4-7-11-16/h2,4-13,18H,1,3,14-15H2,(H,20,21). The highest BCUT2D eigenvalue weighted by atomic mass is 16.5. The van der Waals surface area contributed by atoms with Crippen LogP contribution in [-0.4, -0.2) is 6.09 Å². The average Bonchev–Trinajstić information content (AvgIpc) is 2.58. The van der Waals surface area contributed by atoms with Gasteiger partial charge in [-0.25, -0.2) is 4.79 Å². The number of benzene rings is 2. The van der Waals surface area contributed by atoms with Crippen molar-refractivity contribution >= 4 is 6.09 Å². The highest BCUT2D eigenvalue weighted by molar-refractivity contribution is 5.67. The minimum atomic E-state index is -0.401. The molecule has 0 aliphatic heterocycles. The zero-order chi connectivity index (χ0) is 15.6. The monoisotopic (exact) mass is 295 g/mol. The molecule has 0 aliphatic carbocycles. The third-order valence-electron chi connectivity index (χ3n) is 3.37. The van der Waals surface area contributed by atoms with Crippen LogP contribution in [0.15, 0.2) is 73.3 Å². The molecule has 1 atom stereocenters. The van der Waals surface area contributed by atoms with Gasteiger partial charge in [-0.3, -0.25) is 0 Å². The molecule has 0 heterocycles. The summed E-state index contributed by atoms with van der Waals surface area (Å²) in [5.74, 6) is 0. The van der Waals surface area contributed by atoms with Crippen molar-refractivity contribution < 1.29 is 9.53 Å². The van der Waals surface area contributed by atoms with E-state index in [1.165, 1.54) is 0 Å². The molecule has 0 aliphatic rings. The van der Waals surface area contributed by atoms with E-state index in [9.17, 15) is 4.79 Å². The van der Waals surface area contributed by atoms with Gasteiger partial charge >= 0.3 is 6.09 Å². The number of carbonyl (C=O) groups excluding carboxylic acids is 1. The molecule has 2 aromatic carbocycles. The molecule has 3 nitrogen and oxygen atoms in total. The van der Waals surface area contributed by atoms with Gasteiger partial charge in [-0.05, 0) is 24.0 Å². The summed E-state index contributed by atoms with van der Waals surface area (Å²) in [6.45, 7) is 4.01. The maximum Gasteiger partial charge on any atom is 0.407 e. The lowest BCUT2D eigenvalue weighted by molar-refractivity contribution is 0.135. The summed E-state index contributed by atoms with van der Waals surface area (Å²) in [5, 5.41) is 2.93. The molecule has 1 amide bonds. The van der Waals surface area contributed by atoms with Crippen molar-refractivity contribution in [3.05, 3.63) is 84.4 Å². The van der Waals surface area contributed by atoms with Crippen molar-refractivity contribution in [3.8, 4) is 0 Å². The Morgan fingerprint density at radius 1 is 1.09 bits per heavy atom. The van der Waals surface area contributed by atoms with Crippen molar-refractivity contribution in [2.45, 2.75) is 25.5 Å². The molecule has 0 bridgehead atoms. The topological polar surface area (TPSA) is 38.3 Å². The van der Waals surface area contributed by atoms with Gasteiger partial charge in [0.2, 0.25) is 0 Å². The number of rotatable bonds is 7. The quantitative estimate of drug-likeness (QED) is 0.757. The third-order valence-corrected chi connectivity index (χ3v) is 3.37. The number of nitrogens with one attached hydrogen (secondary N) is 1. The van der Waals surface area contributed by atoms with Gasteiger partial charge in [0, 0.05) is 0 Å². The minimum absolute atomic E-state index is 0.0672. The minimum Gasteiger partial charge on any atom is -0.445 e. The number of carbonyl (C=O) groups is 1. The molecule has 1 N–H and O–H groups in total. The summed E-state index contributed by atoms with van der Waals surface area (Å²) in [6, 6.07) is 19.5. The van der Waals surface area contributed by atoms with Crippen LogP contribution in [0.2, 0.25) is 0 Å². The first kappa shape index (κ1) is 15.8. The van der Waals surface area contributed by atoms with Gasteiger partial charge in [0.25, 0.3) is 0 Å². The van der Waals surface area contributed by atoms with Gasteiger partial charge in [-0.1, -0.05) is 66.7 Å². The number of amides is 1. The molecule has 2 rings (SSSR count). The normalized spacial score (nSPS) is 11.5. The highest BCUT2D eigenvalue weighted by Crippen LogP contribution is 2.18. The Hall–Kier alpha value is -2.55. The van der Waals surface area contributed by atoms with E-state index in [0.717, 1.165) is 24.0 Å². The number of hydrogen-bond acceptors (Lipinski definition) is 2. The Balaban J connectivity index is 1.91. The number of alkyl carbamates (subject to hydrolysis) is 1. The smallest absolute Gasteiger partial charge is 0.407 e. The van der Waals surface area contributed by atoms with Gasteiger partial charge in [0.15, 0.2) is 0 Å². The van der Waals surface area contributed by atoms with Gasteiger partial charge < -0.3 is 10.1 Å². The van der Waals surface area contributed by atoms with Gasteiger partial charge in [-0.2, -0.15) is 0 Å². The lowest BCUT2D eigenvalue weighted by Crippen LogP contribution is -2.29. The van der Waals surface area contributed by atoms with E-state index in [4.69, 9.17) is 4.74 Å². The first-order valence-electron chi connectivity index (χ1n) is 7.42.